The molecule has 0 spiro atoms. The maximum atomic E-state index is 12.8. The van der Waals surface area contributed by atoms with E-state index < -0.39 is 0 Å². The van der Waals surface area contributed by atoms with Gasteiger partial charge in [0.25, 0.3) is 0 Å². The Hall–Kier alpha value is -3.00. The van der Waals surface area contributed by atoms with Crippen LogP contribution in [0.4, 0.5) is 0 Å². The van der Waals surface area contributed by atoms with E-state index in [2.05, 4.69) is 0 Å². The Morgan fingerprint density at radius 1 is 0.500 bits per heavy atom. The Morgan fingerprint density at radius 2 is 1.00 bits per heavy atom. The van der Waals surface area contributed by atoms with E-state index in [0.717, 1.165) is 21.5 Å². The van der Waals surface area contributed by atoms with Gasteiger partial charge in [-0.1, -0.05) is 48.5 Å². The molecule has 0 radical (unpaired) electrons. The van der Waals surface area contributed by atoms with Crippen LogP contribution in [-0.2, 0) is 0 Å². The summed E-state index contributed by atoms with van der Waals surface area (Å²) in [5.41, 5.74) is -0.0676. The van der Waals surface area contributed by atoms with E-state index in [1.54, 1.807) is 6.07 Å². The minimum Gasteiger partial charge on any atom is -0.289 e. The van der Waals surface area contributed by atoms with Crippen molar-refractivity contribution in [2.45, 2.75) is 0 Å². The fourth-order valence-corrected chi connectivity index (χ4v) is 3.54. The first kappa shape index (κ1) is 11.6. The molecular weight excluding hydrogens is 272 g/mol. The van der Waals surface area contributed by atoms with Gasteiger partial charge in [0.2, 0.25) is 0 Å². The Kier molecular flexibility index (Phi) is 2.01. The summed E-state index contributed by atoms with van der Waals surface area (Å²) in [5, 5.41) is 6.06. The molecule has 0 saturated heterocycles. The zero-order chi connectivity index (χ0) is 14.8. The highest BCUT2D eigenvalue weighted by molar-refractivity contribution is 6.01. The predicted octanol–water partition coefficient (Wildman–Crippen LogP) is 3.47. The molecule has 0 amide bonds. The topological polar surface area (TPSA) is 34.1 Å². The van der Waals surface area contributed by atoms with E-state index in [4.69, 9.17) is 0 Å². The molecule has 2 aliphatic carbocycles. The zero-order valence-electron chi connectivity index (χ0n) is 11.6. The number of benzene rings is 3. The van der Waals surface area contributed by atoms with Crippen molar-refractivity contribution in [2.24, 2.45) is 0 Å². The number of hydrogen-bond donors (Lipinski definition) is 0. The van der Waals surface area contributed by atoms with Gasteiger partial charge in [0.15, 0.2) is 10.9 Å². The third kappa shape index (κ3) is 1.25. The van der Waals surface area contributed by atoms with Crippen LogP contribution in [0, 0.1) is 10.4 Å². The molecule has 2 nitrogen and oxygen atoms in total. The van der Waals surface area contributed by atoms with Crippen molar-refractivity contribution in [3.63, 3.8) is 0 Å². The molecule has 5 rings (SSSR count). The van der Waals surface area contributed by atoms with E-state index in [9.17, 15) is 9.59 Å². The SMILES string of the molecule is O=c1c2c3ccccc3c(=O)c=2c2cc3ccccc3cc12. The van der Waals surface area contributed by atoms with Gasteiger partial charge >= 0.3 is 0 Å². The van der Waals surface area contributed by atoms with Crippen LogP contribution in [0.2, 0.25) is 0 Å². The lowest BCUT2D eigenvalue weighted by Gasteiger charge is -1.97. The van der Waals surface area contributed by atoms with Crippen molar-refractivity contribution in [1.29, 1.82) is 0 Å². The first-order valence-electron chi connectivity index (χ1n) is 7.22. The largest absolute Gasteiger partial charge is 0.289 e. The monoisotopic (exact) mass is 282 g/mol. The molecule has 0 unspecified atom stereocenters. The number of hydrogen-bond acceptors (Lipinski definition) is 2. The fraction of sp³-hybridized carbons (Fsp3) is 0. The Labute approximate surface area is 124 Å². The molecular formula is C20H10O2. The minimum atomic E-state index is -0.0343. The third-order valence-electron chi connectivity index (χ3n) is 4.54. The maximum absolute atomic E-state index is 12.8. The summed E-state index contributed by atoms with van der Waals surface area (Å²) in [5.74, 6) is 0. The molecule has 0 heterocycles. The Morgan fingerprint density at radius 3 is 1.73 bits per heavy atom. The summed E-state index contributed by atoms with van der Waals surface area (Å²) in [6, 6.07) is 19.1. The second-order valence-corrected chi connectivity index (χ2v) is 5.70. The van der Waals surface area contributed by atoms with Gasteiger partial charge in [-0.25, -0.2) is 0 Å². The summed E-state index contributed by atoms with van der Waals surface area (Å²) in [6.07, 6.45) is 0. The van der Waals surface area contributed by atoms with Gasteiger partial charge in [-0.15, -0.1) is 0 Å². The summed E-state index contributed by atoms with van der Waals surface area (Å²) in [6.45, 7) is 0. The molecule has 0 atom stereocenters. The summed E-state index contributed by atoms with van der Waals surface area (Å²) < 4.78 is 0. The van der Waals surface area contributed by atoms with Gasteiger partial charge in [0, 0.05) is 21.2 Å². The lowest BCUT2D eigenvalue weighted by molar-refractivity contribution is 1.63. The lowest BCUT2D eigenvalue weighted by atomic mass is 10.1. The van der Waals surface area contributed by atoms with Crippen molar-refractivity contribution < 1.29 is 0 Å². The van der Waals surface area contributed by atoms with Crippen LogP contribution >= 0.6 is 0 Å². The fourth-order valence-electron chi connectivity index (χ4n) is 3.54. The quantitative estimate of drug-likeness (QED) is 0.436. The lowest BCUT2D eigenvalue weighted by Crippen LogP contribution is -1.96. The average Bonchev–Trinajstić information content (AvgIpc) is 3.01. The molecule has 0 N–H and O–H groups in total. The van der Waals surface area contributed by atoms with Crippen molar-refractivity contribution in [3.05, 3.63) is 91.5 Å². The van der Waals surface area contributed by atoms with Crippen molar-refractivity contribution in [3.8, 4) is 0 Å². The molecule has 102 valence electrons. The van der Waals surface area contributed by atoms with E-state index in [1.165, 1.54) is 0 Å². The van der Waals surface area contributed by atoms with Gasteiger partial charge in [-0.3, -0.25) is 9.59 Å². The second kappa shape index (κ2) is 3.80. The van der Waals surface area contributed by atoms with Gasteiger partial charge in [-0.05, 0) is 33.7 Å². The number of fused-ring (bicyclic) bond motifs is 5. The molecule has 0 aromatic heterocycles. The first-order chi connectivity index (χ1) is 10.8. The standard InChI is InChI=1S/C20H10O2/c21-19-14-8-4-3-7-13(14)17-18(19)15-9-11-5-1-2-6-12(11)10-16(15)20(17)22/h1-10H. The minimum absolute atomic E-state index is 0.0333. The van der Waals surface area contributed by atoms with Crippen molar-refractivity contribution in [2.75, 3.05) is 0 Å². The van der Waals surface area contributed by atoms with Crippen LogP contribution < -0.4 is 10.9 Å². The highest BCUT2D eigenvalue weighted by Gasteiger charge is 2.16. The molecule has 2 heteroatoms. The third-order valence-corrected chi connectivity index (χ3v) is 4.54. The first-order valence-corrected chi connectivity index (χ1v) is 7.22. The second-order valence-electron chi connectivity index (χ2n) is 5.70. The van der Waals surface area contributed by atoms with Gasteiger partial charge in [-0.2, -0.15) is 0 Å². The van der Waals surface area contributed by atoms with Crippen LogP contribution in [-0.4, -0.2) is 0 Å². The molecule has 0 saturated carbocycles. The van der Waals surface area contributed by atoms with Gasteiger partial charge in [0.1, 0.15) is 0 Å². The van der Waals surface area contributed by atoms with Gasteiger partial charge < -0.3 is 0 Å². The molecule has 0 bridgehead atoms. The average molecular weight is 282 g/mol. The highest BCUT2D eigenvalue weighted by Crippen LogP contribution is 2.25. The van der Waals surface area contributed by atoms with Gasteiger partial charge in [0.05, 0.1) is 0 Å². The summed E-state index contributed by atoms with van der Waals surface area (Å²) >= 11 is 0. The highest BCUT2D eigenvalue weighted by atomic mass is 16.1. The van der Waals surface area contributed by atoms with E-state index in [0.29, 0.717) is 21.2 Å². The summed E-state index contributed by atoms with van der Waals surface area (Å²) in [7, 11) is 0. The normalized spacial score (nSPS) is 12.0. The maximum Gasteiger partial charge on any atom is 0.195 e. The molecule has 0 aliphatic heterocycles. The summed E-state index contributed by atoms with van der Waals surface area (Å²) in [4.78, 5) is 25.5. The molecule has 0 fully saturated rings. The van der Waals surface area contributed by atoms with Crippen LogP contribution in [0.15, 0.2) is 70.3 Å². The van der Waals surface area contributed by atoms with Crippen molar-refractivity contribution >= 4 is 32.3 Å². The van der Waals surface area contributed by atoms with E-state index in [1.807, 2.05) is 54.6 Å². The van der Waals surface area contributed by atoms with Crippen LogP contribution in [0.25, 0.3) is 32.3 Å². The Bertz CT molecular complexity index is 1350. The smallest absolute Gasteiger partial charge is 0.195 e. The molecule has 22 heavy (non-hydrogen) atoms. The van der Waals surface area contributed by atoms with Crippen LogP contribution in [0.5, 0.6) is 0 Å². The van der Waals surface area contributed by atoms with Crippen molar-refractivity contribution in [1.82, 2.24) is 0 Å². The number of rotatable bonds is 0. The predicted molar refractivity (Wildman–Crippen MR) is 89.2 cm³/mol. The van der Waals surface area contributed by atoms with E-state index >= 15 is 0 Å². The van der Waals surface area contributed by atoms with E-state index in [-0.39, 0.29) is 10.9 Å². The van der Waals surface area contributed by atoms with Crippen LogP contribution in [0.1, 0.15) is 0 Å². The molecule has 3 aromatic rings. The molecule has 2 aliphatic rings. The molecule has 3 aromatic carbocycles. The van der Waals surface area contributed by atoms with Crippen LogP contribution in [0.3, 0.4) is 0 Å². The Balaban J connectivity index is 2.21. The zero-order valence-corrected chi connectivity index (χ0v) is 11.6.